The molecule has 0 spiro atoms. The monoisotopic (exact) mass is 630 g/mol. The minimum absolute atomic E-state index is 0.165. The molecule has 0 saturated heterocycles. The van der Waals surface area contributed by atoms with Crippen molar-refractivity contribution >= 4 is 19.8 Å². The van der Waals surface area contributed by atoms with Crippen molar-refractivity contribution < 1.29 is 43.0 Å². The fourth-order valence-corrected chi connectivity index (χ4v) is 4.60. The van der Waals surface area contributed by atoms with Gasteiger partial charge in [0.25, 0.3) is 0 Å². The Morgan fingerprint density at radius 2 is 1.37 bits per heavy atom. The van der Waals surface area contributed by atoms with E-state index in [1.807, 2.05) is 24.3 Å². The van der Waals surface area contributed by atoms with Crippen LogP contribution in [-0.2, 0) is 28.2 Å². The topological polar surface area (TPSA) is 140 Å². The summed E-state index contributed by atoms with van der Waals surface area (Å²) in [5.41, 5.74) is 0. The molecule has 0 aromatic heterocycles. The van der Waals surface area contributed by atoms with Crippen LogP contribution in [0.1, 0.15) is 130 Å². The fourth-order valence-electron chi connectivity index (χ4n) is 4.24. The van der Waals surface area contributed by atoms with Crippen molar-refractivity contribution in [2.24, 2.45) is 5.92 Å². The summed E-state index contributed by atoms with van der Waals surface area (Å²) in [4.78, 5) is 42.4. The van der Waals surface area contributed by atoms with E-state index in [1.165, 1.54) is 19.3 Å². The standard InChI is InChI=1S/C33H59O9P/c1-4-5-17-23-30(34)24-19-14-9-7-6-8-10-16-21-26-33(36)42-31(28-41-43(37,38)39)27-40-32(35)25-20-15-12-11-13-18-22-29(2)3/h5,9,14,17,19,24,29-31,34H,4,6-8,10-13,15-16,18,20-23,25-28H2,1-3H3,(H2,37,38,39)/b14-9+,17-5+,24-19+/t30?,31-/m1/s1. The van der Waals surface area contributed by atoms with E-state index in [0.29, 0.717) is 19.3 Å². The van der Waals surface area contributed by atoms with Gasteiger partial charge in [0.05, 0.1) is 12.7 Å². The summed E-state index contributed by atoms with van der Waals surface area (Å²) >= 11 is 0. The summed E-state index contributed by atoms with van der Waals surface area (Å²) in [6.07, 6.45) is 25.2. The first-order valence-corrected chi connectivity index (χ1v) is 17.8. The average molecular weight is 631 g/mol. The van der Waals surface area contributed by atoms with Crippen molar-refractivity contribution in [3.63, 3.8) is 0 Å². The highest BCUT2D eigenvalue weighted by atomic mass is 31.2. The second-order valence-corrected chi connectivity index (χ2v) is 12.7. The molecule has 0 amide bonds. The molecule has 10 heteroatoms. The van der Waals surface area contributed by atoms with Crippen molar-refractivity contribution in [3.8, 4) is 0 Å². The Kier molecular flexibility index (Phi) is 26.6. The van der Waals surface area contributed by atoms with E-state index in [0.717, 1.165) is 63.7 Å². The molecule has 3 N–H and O–H groups in total. The zero-order valence-corrected chi connectivity index (χ0v) is 27.8. The lowest BCUT2D eigenvalue weighted by Gasteiger charge is -2.18. The van der Waals surface area contributed by atoms with Gasteiger partial charge in [0.2, 0.25) is 0 Å². The maximum absolute atomic E-state index is 12.3. The van der Waals surface area contributed by atoms with Gasteiger partial charge >= 0.3 is 19.8 Å². The third kappa shape index (κ3) is 31.5. The molecule has 0 radical (unpaired) electrons. The Labute approximate surface area is 260 Å². The van der Waals surface area contributed by atoms with Crippen LogP contribution in [0.4, 0.5) is 0 Å². The molecule has 0 aliphatic heterocycles. The second-order valence-electron chi connectivity index (χ2n) is 11.4. The van der Waals surface area contributed by atoms with E-state index < -0.39 is 38.6 Å². The Bertz CT molecular complexity index is 832. The van der Waals surface area contributed by atoms with Crippen LogP contribution < -0.4 is 0 Å². The Morgan fingerprint density at radius 3 is 2.00 bits per heavy atom. The minimum atomic E-state index is -4.76. The molecule has 0 aromatic carbocycles. The van der Waals surface area contributed by atoms with Gasteiger partial charge in [-0.15, -0.1) is 0 Å². The highest BCUT2D eigenvalue weighted by Crippen LogP contribution is 2.35. The second kappa shape index (κ2) is 27.8. The quantitative estimate of drug-likeness (QED) is 0.0259. The fraction of sp³-hybridized carbons (Fsp3) is 0.758. The molecule has 2 atom stereocenters. The van der Waals surface area contributed by atoms with Gasteiger partial charge in [-0.2, -0.15) is 0 Å². The number of hydrogen-bond donors (Lipinski definition) is 3. The third-order valence-corrected chi connectivity index (χ3v) is 7.17. The summed E-state index contributed by atoms with van der Waals surface area (Å²) < 4.78 is 26.1. The van der Waals surface area contributed by atoms with E-state index in [2.05, 4.69) is 31.4 Å². The zero-order chi connectivity index (χ0) is 32.2. The smallest absolute Gasteiger partial charge is 0.462 e. The van der Waals surface area contributed by atoms with E-state index >= 15 is 0 Å². The summed E-state index contributed by atoms with van der Waals surface area (Å²) in [6, 6.07) is 0. The molecule has 0 fully saturated rings. The molecule has 1 unspecified atom stereocenters. The summed E-state index contributed by atoms with van der Waals surface area (Å²) in [6.45, 7) is 5.64. The van der Waals surface area contributed by atoms with Crippen LogP contribution in [0.15, 0.2) is 36.5 Å². The molecule has 0 aliphatic rings. The number of ether oxygens (including phenoxy) is 2. The number of rotatable bonds is 28. The number of carbonyl (C=O) groups is 2. The molecule has 9 nitrogen and oxygen atoms in total. The third-order valence-electron chi connectivity index (χ3n) is 6.68. The van der Waals surface area contributed by atoms with Crippen LogP contribution in [0, 0.1) is 5.92 Å². The van der Waals surface area contributed by atoms with E-state index in [1.54, 1.807) is 6.08 Å². The lowest BCUT2D eigenvalue weighted by atomic mass is 10.0. The number of phosphoric acid groups is 1. The Hall–Kier alpha value is -1.77. The summed E-state index contributed by atoms with van der Waals surface area (Å²) in [7, 11) is -4.76. The normalized spacial score (nSPS) is 13.8. The Morgan fingerprint density at radius 1 is 0.767 bits per heavy atom. The lowest BCUT2D eigenvalue weighted by Crippen LogP contribution is -2.29. The SMILES string of the molecule is CC/C=C/CC(O)/C=C/C=C/CCCCCCCC(=O)O[C@H](COC(=O)CCCCCCCCC(C)C)COP(=O)(O)O. The molecule has 0 heterocycles. The molecule has 43 heavy (non-hydrogen) atoms. The Balaban J connectivity index is 4.12. The van der Waals surface area contributed by atoms with Crippen LogP contribution in [0.5, 0.6) is 0 Å². The van der Waals surface area contributed by atoms with Gasteiger partial charge < -0.3 is 24.4 Å². The van der Waals surface area contributed by atoms with Crippen LogP contribution >= 0.6 is 7.82 Å². The van der Waals surface area contributed by atoms with Gasteiger partial charge in [-0.25, -0.2) is 4.57 Å². The lowest BCUT2D eigenvalue weighted by molar-refractivity contribution is -0.161. The number of carbonyl (C=O) groups excluding carboxylic acids is 2. The number of phosphoric ester groups is 1. The van der Waals surface area contributed by atoms with Crippen LogP contribution in [-0.4, -0.2) is 52.3 Å². The highest BCUT2D eigenvalue weighted by Gasteiger charge is 2.22. The van der Waals surface area contributed by atoms with Crippen LogP contribution in [0.3, 0.4) is 0 Å². The van der Waals surface area contributed by atoms with E-state index in [9.17, 15) is 19.3 Å². The average Bonchev–Trinajstić information content (AvgIpc) is 2.94. The molecule has 0 bridgehead atoms. The first kappa shape index (κ1) is 41.2. The van der Waals surface area contributed by atoms with Crippen molar-refractivity contribution in [1.29, 1.82) is 0 Å². The first-order chi connectivity index (χ1) is 20.5. The maximum Gasteiger partial charge on any atom is 0.469 e. The predicted octanol–water partition coefficient (Wildman–Crippen LogP) is 7.89. The van der Waals surface area contributed by atoms with E-state index in [4.69, 9.17) is 19.3 Å². The van der Waals surface area contributed by atoms with Crippen molar-refractivity contribution in [2.75, 3.05) is 13.2 Å². The number of allylic oxidation sites excluding steroid dienone is 4. The first-order valence-electron chi connectivity index (χ1n) is 16.2. The zero-order valence-electron chi connectivity index (χ0n) is 26.9. The van der Waals surface area contributed by atoms with Crippen LogP contribution in [0.2, 0.25) is 0 Å². The van der Waals surface area contributed by atoms with Gasteiger partial charge in [-0.1, -0.05) is 115 Å². The van der Waals surface area contributed by atoms with Crippen molar-refractivity contribution in [3.05, 3.63) is 36.5 Å². The molecule has 0 rings (SSSR count). The van der Waals surface area contributed by atoms with Crippen molar-refractivity contribution in [1.82, 2.24) is 0 Å². The summed E-state index contributed by atoms with van der Waals surface area (Å²) in [5.74, 6) is -0.219. The number of esters is 2. The summed E-state index contributed by atoms with van der Waals surface area (Å²) in [5, 5.41) is 9.80. The number of aliphatic hydroxyl groups is 1. The van der Waals surface area contributed by atoms with Crippen LogP contribution in [0.25, 0.3) is 0 Å². The van der Waals surface area contributed by atoms with Crippen molar-refractivity contribution in [2.45, 2.75) is 142 Å². The predicted molar refractivity (Wildman–Crippen MR) is 171 cm³/mol. The maximum atomic E-state index is 12.3. The molecule has 0 aliphatic carbocycles. The minimum Gasteiger partial charge on any atom is -0.462 e. The molecule has 0 saturated carbocycles. The van der Waals surface area contributed by atoms with E-state index in [-0.39, 0.29) is 19.4 Å². The molecule has 250 valence electrons. The number of unbranched alkanes of at least 4 members (excludes halogenated alkanes) is 10. The van der Waals surface area contributed by atoms with Gasteiger partial charge in [0.15, 0.2) is 6.10 Å². The molecular weight excluding hydrogens is 571 g/mol. The van der Waals surface area contributed by atoms with Gasteiger partial charge in [-0.3, -0.25) is 14.1 Å². The van der Waals surface area contributed by atoms with Gasteiger partial charge in [-0.05, 0) is 44.4 Å². The highest BCUT2D eigenvalue weighted by molar-refractivity contribution is 7.46. The van der Waals surface area contributed by atoms with Gasteiger partial charge in [0.1, 0.15) is 6.61 Å². The molecule has 0 aromatic rings. The number of aliphatic hydroxyl groups excluding tert-OH is 1. The molecular formula is C33H59O9P. The number of hydrogen-bond acceptors (Lipinski definition) is 7. The van der Waals surface area contributed by atoms with Gasteiger partial charge in [0, 0.05) is 12.8 Å². The largest absolute Gasteiger partial charge is 0.469 e.